The van der Waals surface area contributed by atoms with E-state index in [2.05, 4.69) is 55.3 Å². The van der Waals surface area contributed by atoms with Crippen LogP contribution in [0.2, 0.25) is 5.04 Å². The first kappa shape index (κ1) is 28.4. The maximum absolute atomic E-state index is 15.6. The summed E-state index contributed by atoms with van der Waals surface area (Å²) in [5, 5.41) is 15.0. The number of benzene rings is 4. The summed E-state index contributed by atoms with van der Waals surface area (Å²) in [5.74, 6) is -1.47. The van der Waals surface area contributed by atoms with Crippen molar-refractivity contribution in [2.75, 3.05) is 5.32 Å². The SMILES string of the molecule is CC(C)(C)[Si](Oc1ccc(NC(=O)C2=C(O)CCn3c2nc2cc(F)ccc23)c(F)c1)(c1ccccc1)c1ccccc1. The van der Waals surface area contributed by atoms with Crippen LogP contribution in [0.15, 0.2) is 103 Å². The lowest BCUT2D eigenvalue weighted by Gasteiger charge is -2.43. The van der Waals surface area contributed by atoms with Crippen molar-refractivity contribution in [3.63, 3.8) is 0 Å². The highest BCUT2D eigenvalue weighted by Gasteiger charge is 2.52. The van der Waals surface area contributed by atoms with Crippen molar-refractivity contribution in [3.8, 4) is 5.75 Å². The minimum absolute atomic E-state index is 0.0700. The van der Waals surface area contributed by atoms with E-state index in [1.54, 1.807) is 16.7 Å². The molecule has 6 nitrogen and oxygen atoms in total. The highest BCUT2D eigenvalue weighted by molar-refractivity contribution is 7.00. The number of nitrogens with one attached hydrogen (secondary N) is 1. The zero-order chi connectivity index (χ0) is 30.4. The number of aliphatic hydroxyl groups is 1. The first-order chi connectivity index (χ1) is 20.6. The number of carbonyl (C=O) groups is 1. The highest BCUT2D eigenvalue weighted by Crippen LogP contribution is 2.38. The third-order valence-electron chi connectivity index (χ3n) is 7.90. The molecule has 0 unspecified atom stereocenters. The fourth-order valence-corrected chi connectivity index (χ4v) is 10.3. The van der Waals surface area contributed by atoms with Gasteiger partial charge in [0, 0.05) is 25.1 Å². The zero-order valence-corrected chi connectivity index (χ0v) is 25.1. The molecule has 0 aliphatic carbocycles. The van der Waals surface area contributed by atoms with Crippen molar-refractivity contribution < 1.29 is 23.1 Å². The molecule has 5 aromatic rings. The van der Waals surface area contributed by atoms with Gasteiger partial charge in [-0.25, -0.2) is 13.8 Å². The van der Waals surface area contributed by atoms with Gasteiger partial charge in [0.15, 0.2) is 0 Å². The standard InChI is InChI=1S/C34H31F2N3O3Si/c1-34(2,3)43(24-10-6-4-7-11-24,25-12-8-5-9-13-25)42-23-15-16-27(26(36)21-23)38-33(41)31-30(40)18-19-39-29-17-14-22(35)20-28(29)37-32(31)39/h4-17,20-21,40H,18-19H2,1-3H3,(H,38,41). The number of hydrogen-bond acceptors (Lipinski definition) is 4. The Morgan fingerprint density at radius 1 is 0.930 bits per heavy atom. The average Bonchev–Trinajstić information content (AvgIpc) is 3.34. The molecule has 0 fully saturated rings. The molecule has 1 aliphatic rings. The molecule has 2 heterocycles. The summed E-state index contributed by atoms with van der Waals surface area (Å²) in [5.41, 5.74) is 0.866. The molecule has 0 radical (unpaired) electrons. The molecule has 1 aliphatic heterocycles. The van der Waals surface area contributed by atoms with E-state index in [1.165, 1.54) is 24.3 Å². The lowest BCUT2D eigenvalue weighted by atomic mass is 10.1. The summed E-state index contributed by atoms with van der Waals surface area (Å²) >= 11 is 0. The zero-order valence-electron chi connectivity index (χ0n) is 24.1. The molecular weight excluding hydrogens is 564 g/mol. The first-order valence-corrected chi connectivity index (χ1v) is 16.0. The quantitative estimate of drug-likeness (QED) is 0.218. The smallest absolute Gasteiger partial charge is 0.319 e. The summed E-state index contributed by atoms with van der Waals surface area (Å²) in [6, 6.07) is 28.6. The summed E-state index contributed by atoms with van der Waals surface area (Å²) < 4.78 is 38.1. The maximum Gasteiger partial charge on any atom is 0.319 e. The molecular formula is C34H31F2N3O3Si. The number of anilines is 1. The van der Waals surface area contributed by atoms with Gasteiger partial charge in [0.05, 0.1) is 16.7 Å². The van der Waals surface area contributed by atoms with Gasteiger partial charge >= 0.3 is 8.32 Å². The minimum Gasteiger partial charge on any atom is -0.534 e. The Morgan fingerprint density at radius 2 is 1.58 bits per heavy atom. The topological polar surface area (TPSA) is 76.4 Å². The summed E-state index contributed by atoms with van der Waals surface area (Å²) in [4.78, 5) is 17.8. The van der Waals surface area contributed by atoms with Gasteiger partial charge in [-0.2, -0.15) is 0 Å². The number of hydrogen-bond donors (Lipinski definition) is 2. The van der Waals surface area contributed by atoms with Gasteiger partial charge < -0.3 is 19.4 Å². The molecule has 0 saturated heterocycles. The van der Waals surface area contributed by atoms with E-state index in [0.717, 1.165) is 10.4 Å². The molecule has 1 amide bonds. The number of carbonyl (C=O) groups excluding carboxylic acids is 1. The average molecular weight is 596 g/mol. The Labute approximate surface area is 249 Å². The number of nitrogens with zero attached hydrogens (tertiary/aromatic N) is 2. The van der Waals surface area contributed by atoms with Crippen LogP contribution in [0.25, 0.3) is 16.6 Å². The van der Waals surface area contributed by atoms with Crippen molar-refractivity contribution in [1.29, 1.82) is 0 Å². The Morgan fingerprint density at radius 3 is 2.19 bits per heavy atom. The van der Waals surface area contributed by atoms with E-state index >= 15 is 4.39 Å². The number of allylic oxidation sites excluding steroid dienone is 1. The minimum atomic E-state index is -2.99. The van der Waals surface area contributed by atoms with Crippen molar-refractivity contribution in [2.45, 2.75) is 38.8 Å². The molecule has 0 bridgehead atoms. The Kier molecular flexibility index (Phi) is 7.13. The summed E-state index contributed by atoms with van der Waals surface area (Å²) in [6.45, 7) is 6.78. The van der Waals surface area contributed by atoms with Gasteiger partial charge in [0.25, 0.3) is 5.91 Å². The van der Waals surface area contributed by atoms with Crippen LogP contribution < -0.4 is 20.1 Å². The van der Waals surface area contributed by atoms with Crippen molar-refractivity contribution in [3.05, 3.63) is 120 Å². The predicted octanol–water partition coefficient (Wildman–Crippen LogP) is 6.56. The van der Waals surface area contributed by atoms with E-state index < -0.39 is 25.9 Å². The number of aromatic nitrogens is 2. The van der Waals surface area contributed by atoms with E-state index in [9.17, 15) is 14.3 Å². The number of imidazole rings is 1. The van der Waals surface area contributed by atoms with Crippen LogP contribution in [0, 0.1) is 11.6 Å². The summed E-state index contributed by atoms with van der Waals surface area (Å²) in [7, 11) is -2.99. The monoisotopic (exact) mass is 595 g/mol. The first-order valence-electron chi connectivity index (χ1n) is 14.1. The normalized spacial score (nSPS) is 13.6. The number of amides is 1. The molecule has 218 valence electrons. The number of halogens is 2. The molecule has 0 saturated carbocycles. The predicted molar refractivity (Wildman–Crippen MR) is 167 cm³/mol. The Bertz CT molecular complexity index is 1830. The van der Waals surface area contributed by atoms with E-state index in [-0.39, 0.29) is 34.3 Å². The Balaban J connectivity index is 1.33. The van der Waals surface area contributed by atoms with E-state index in [4.69, 9.17) is 4.43 Å². The lowest BCUT2D eigenvalue weighted by Crippen LogP contribution is -2.68. The molecule has 2 N–H and O–H groups in total. The fraction of sp³-hybridized carbons (Fsp3) is 0.176. The van der Waals surface area contributed by atoms with Crippen LogP contribution >= 0.6 is 0 Å². The molecule has 9 heteroatoms. The second-order valence-electron chi connectivity index (χ2n) is 11.7. The van der Waals surface area contributed by atoms with Crippen molar-refractivity contribution in [2.24, 2.45) is 0 Å². The fourth-order valence-electron chi connectivity index (χ4n) is 5.90. The lowest BCUT2D eigenvalue weighted by molar-refractivity contribution is -0.111. The summed E-state index contributed by atoms with van der Waals surface area (Å²) in [6.07, 6.45) is 0.187. The van der Waals surface area contributed by atoms with E-state index in [0.29, 0.717) is 23.3 Å². The van der Waals surface area contributed by atoms with Crippen LogP contribution in [-0.2, 0) is 11.3 Å². The number of aryl methyl sites for hydroxylation is 1. The second kappa shape index (κ2) is 10.8. The van der Waals surface area contributed by atoms with Gasteiger partial charge in [0.2, 0.25) is 0 Å². The van der Waals surface area contributed by atoms with Gasteiger partial charge in [-0.15, -0.1) is 0 Å². The molecule has 1 aromatic heterocycles. The molecule has 43 heavy (non-hydrogen) atoms. The molecule has 0 spiro atoms. The third-order valence-corrected chi connectivity index (χ3v) is 12.8. The highest BCUT2D eigenvalue weighted by atomic mass is 28.4. The van der Waals surface area contributed by atoms with Crippen molar-refractivity contribution >= 4 is 46.9 Å². The molecule has 6 rings (SSSR count). The van der Waals surface area contributed by atoms with Gasteiger partial charge in [-0.1, -0.05) is 81.4 Å². The third kappa shape index (κ3) is 4.99. The maximum atomic E-state index is 15.6. The van der Waals surface area contributed by atoms with Crippen LogP contribution in [0.4, 0.5) is 14.5 Å². The largest absolute Gasteiger partial charge is 0.534 e. The van der Waals surface area contributed by atoms with Gasteiger partial charge in [-0.05, 0) is 39.7 Å². The van der Waals surface area contributed by atoms with Crippen LogP contribution in [-0.4, -0.2) is 28.9 Å². The second-order valence-corrected chi connectivity index (χ2v) is 15.9. The van der Waals surface area contributed by atoms with Gasteiger partial charge in [0.1, 0.15) is 34.5 Å². The van der Waals surface area contributed by atoms with Crippen LogP contribution in [0.1, 0.15) is 33.0 Å². The number of rotatable bonds is 6. The number of fused-ring (bicyclic) bond motifs is 3. The van der Waals surface area contributed by atoms with Crippen LogP contribution in [0.5, 0.6) is 5.75 Å². The number of aliphatic hydroxyl groups excluding tert-OH is 1. The van der Waals surface area contributed by atoms with Gasteiger partial charge in [-0.3, -0.25) is 4.79 Å². The molecule has 4 aromatic carbocycles. The van der Waals surface area contributed by atoms with Crippen LogP contribution in [0.3, 0.4) is 0 Å². The van der Waals surface area contributed by atoms with Crippen molar-refractivity contribution in [1.82, 2.24) is 9.55 Å². The van der Waals surface area contributed by atoms with E-state index in [1.807, 2.05) is 36.4 Å². The Hall–Kier alpha value is -4.76. The molecule has 0 atom stereocenters.